The second kappa shape index (κ2) is 8.04. The lowest BCUT2D eigenvalue weighted by atomic mass is 10.2. The van der Waals surface area contributed by atoms with Crippen molar-refractivity contribution in [1.29, 1.82) is 0 Å². The van der Waals surface area contributed by atoms with Crippen molar-refractivity contribution < 1.29 is 14.6 Å². The van der Waals surface area contributed by atoms with Crippen LogP contribution in [0.25, 0.3) is 6.08 Å². The largest absolute Gasteiger partial charge is 0.300 e. The Morgan fingerprint density at radius 2 is 1.79 bits per heavy atom. The quantitative estimate of drug-likeness (QED) is 0.287. The molecule has 2 aromatic rings. The number of rotatable bonds is 5. The van der Waals surface area contributed by atoms with E-state index in [2.05, 4.69) is 21.4 Å². The number of nitro benzene ring substituents is 2. The molecule has 1 amide bonds. The van der Waals surface area contributed by atoms with Gasteiger partial charge in [0.05, 0.1) is 20.8 Å². The Balaban J connectivity index is 1.88. The minimum Gasteiger partial charge on any atom is -0.283 e. The third-order valence-corrected chi connectivity index (χ3v) is 5.41. The summed E-state index contributed by atoms with van der Waals surface area (Å²) in [6.45, 7) is 0. The van der Waals surface area contributed by atoms with E-state index in [1.165, 1.54) is 0 Å². The zero-order valence-corrected chi connectivity index (χ0v) is 16.9. The van der Waals surface area contributed by atoms with E-state index >= 15 is 0 Å². The first kappa shape index (κ1) is 19.9. The number of halogens is 1. The Hall–Kier alpha value is -2.83. The highest BCUT2D eigenvalue weighted by molar-refractivity contribution is 9.10. The summed E-state index contributed by atoms with van der Waals surface area (Å²) >= 11 is 9.55. The van der Waals surface area contributed by atoms with Crippen molar-refractivity contribution in [3.63, 3.8) is 0 Å². The number of carbonyl (C=O) groups excluding carboxylic acids is 1. The summed E-state index contributed by atoms with van der Waals surface area (Å²) in [6, 6.07) is 10.3. The monoisotopic (exact) mass is 480 g/mol. The van der Waals surface area contributed by atoms with E-state index in [0.717, 1.165) is 45.0 Å². The van der Waals surface area contributed by atoms with E-state index in [0.29, 0.717) is 4.91 Å². The summed E-state index contributed by atoms with van der Waals surface area (Å²) in [6.07, 6.45) is 1.65. The van der Waals surface area contributed by atoms with Crippen LogP contribution in [0, 0.1) is 20.2 Å². The maximum Gasteiger partial charge on any atom is 0.300 e. The molecule has 0 aromatic heterocycles. The number of hydrazine groups is 1. The predicted octanol–water partition coefficient (Wildman–Crippen LogP) is 4.49. The number of hydrogen-bond donors (Lipinski definition) is 1. The summed E-state index contributed by atoms with van der Waals surface area (Å²) in [5, 5.41) is 23.1. The van der Waals surface area contributed by atoms with Gasteiger partial charge in [-0.15, -0.1) is 0 Å². The Labute approximate surface area is 175 Å². The van der Waals surface area contributed by atoms with Crippen LogP contribution in [0.5, 0.6) is 0 Å². The fraction of sp³-hybridized carbons (Fsp3) is 0. The molecule has 1 aliphatic rings. The molecule has 1 saturated heterocycles. The minimum atomic E-state index is -0.773. The number of nitrogens with zero attached hydrogens (tertiary/aromatic N) is 3. The number of amides is 1. The zero-order chi connectivity index (χ0) is 20.4. The molecule has 1 aliphatic heterocycles. The average Bonchev–Trinajstić information content (AvgIpc) is 2.91. The SMILES string of the molecule is O=C1/C(=C\c2ccc(Br)cc2)SC(=S)N1Nc1ccc([N+](=O)[O-])cc1[N+](=O)[O-]. The number of anilines is 1. The molecule has 0 saturated carbocycles. The van der Waals surface area contributed by atoms with Crippen molar-refractivity contribution >= 4 is 73.3 Å². The zero-order valence-electron chi connectivity index (χ0n) is 13.7. The van der Waals surface area contributed by atoms with E-state index in [-0.39, 0.29) is 10.0 Å². The maximum absolute atomic E-state index is 12.6. The van der Waals surface area contributed by atoms with Gasteiger partial charge >= 0.3 is 5.69 Å². The molecule has 0 atom stereocenters. The van der Waals surface area contributed by atoms with Crippen LogP contribution in [0.2, 0.25) is 0 Å². The third-order valence-electron chi connectivity index (χ3n) is 3.58. The summed E-state index contributed by atoms with van der Waals surface area (Å²) in [7, 11) is 0. The molecule has 1 heterocycles. The standard InChI is InChI=1S/C16H9BrN4O5S2/c17-10-3-1-9(2-4-10)7-14-15(22)19(16(27)28-14)18-12-6-5-11(20(23)24)8-13(12)21(25)26/h1-8,18H/b14-7+. The normalized spacial score (nSPS) is 15.2. The summed E-state index contributed by atoms with van der Waals surface area (Å²) in [5.74, 6) is -0.481. The first-order valence-corrected chi connectivity index (χ1v) is 9.51. The van der Waals surface area contributed by atoms with Gasteiger partial charge in [0.25, 0.3) is 11.6 Å². The van der Waals surface area contributed by atoms with Gasteiger partial charge in [-0.1, -0.05) is 39.8 Å². The lowest BCUT2D eigenvalue weighted by Crippen LogP contribution is -2.34. The van der Waals surface area contributed by atoms with Crippen molar-refractivity contribution in [2.24, 2.45) is 0 Å². The average molecular weight is 481 g/mol. The number of thiocarbonyl (C=S) groups is 1. The molecule has 9 nitrogen and oxygen atoms in total. The van der Waals surface area contributed by atoms with Gasteiger partial charge < -0.3 is 0 Å². The van der Waals surface area contributed by atoms with Crippen LogP contribution in [-0.2, 0) is 4.79 Å². The molecule has 0 unspecified atom stereocenters. The number of hydrogen-bond acceptors (Lipinski definition) is 8. The molecule has 28 heavy (non-hydrogen) atoms. The lowest BCUT2D eigenvalue weighted by Gasteiger charge is -2.16. The smallest absolute Gasteiger partial charge is 0.283 e. The second-order valence-corrected chi connectivity index (χ2v) is 7.99. The van der Waals surface area contributed by atoms with Gasteiger partial charge in [-0.25, -0.2) is 5.01 Å². The molecule has 1 N–H and O–H groups in total. The van der Waals surface area contributed by atoms with Gasteiger partial charge in [0, 0.05) is 10.5 Å². The second-order valence-electron chi connectivity index (χ2n) is 5.40. The fourth-order valence-corrected chi connectivity index (χ4v) is 3.72. The van der Waals surface area contributed by atoms with Gasteiger partial charge in [0.1, 0.15) is 5.69 Å². The predicted molar refractivity (Wildman–Crippen MR) is 113 cm³/mol. The Kier molecular flexibility index (Phi) is 5.72. The molecule has 0 radical (unpaired) electrons. The molecule has 0 spiro atoms. The molecule has 142 valence electrons. The highest BCUT2D eigenvalue weighted by Gasteiger charge is 2.34. The van der Waals surface area contributed by atoms with Crippen LogP contribution in [0.3, 0.4) is 0 Å². The summed E-state index contributed by atoms with van der Waals surface area (Å²) in [5.41, 5.74) is 2.31. The van der Waals surface area contributed by atoms with Crippen LogP contribution >= 0.6 is 39.9 Å². The molecule has 12 heteroatoms. The van der Waals surface area contributed by atoms with Crippen LogP contribution in [0.4, 0.5) is 17.1 Å². The molecule has 3 rings (SSSR count). The third kappa shape index (κ3) is 4.18. The van der Waals surface area contributed by atoms with Crippen molar-refractivity contribution in [3.05, 3.63) is 77.6 Å². The van der Waals surface area contributed by atoms with Crippen molar-refractivity contribution in [2.45, 2.75) is 0 Å². The summed E-state index contributed by atoms with van der Waals surface area (Å²) in [4.78, 5) is 33.6. The van der Waals surface area contributed by atoms with Gasteiger partial charge in [-0.3, -0.25) is 30.4 Å². The van der Waals surface area contributed by atoms with E-state index in [9.17, 15) is 25.0 Å². The Morgan fingerprint density at radius 3 is 2.39 bits per heavy atom. The first-order chi connectivity index (χ1) is 13.3. The molecule has 0 aliphatic carbocycles. The van der Waals surface area contributed by atoms with Gasteiger partial charge in [-0.05, 0) is 42.1 Å². The lowest BCUT2D eigenvalue weighted by molar-refractivity contribution is -0.393. The number of nitro groups is 2. The van der Waals surface area contributed by atoms with Crippen molar-refractivity contribution in [3.8, 4) is 0 Å². The highest BCUT2D eigenvalue weighted by Crippen LogP contribution is 2.35. The van der Waals surface area contributed by atoms with Crippen LogP contribution in [0.15, 0.2) is 51.8 Å². The van der Waals surface area contributed by atoms with E-state index in [1.54, 1.807) is 6.08 Å². The molecular formula is C16H9BrN4O5S2. The Bertz CT molecular complexity index is 1040. The Morgan fingerprint density at radius 1 is 1.11 bits per heavy atom. The van der Waals surface area contributed by atoms with E-state index in [1.807, 2.05) is 24.3 Å². The van der Waals surface area contributed by atoms with Gasteiger partial charge in [0.2, 0.25) is 0 Å². The van der Waals surface area contributed by atoms with Gasteiger partial charge in [0.15, 0.2) is 4.32 Å². The first-order valence-electron chi connectivity index (χ1n) is 7.49. The van der Waals surface area contributed by atoms with Crippen molar-refractivity contribution in [2.75, 3.05) is 5.43 Å². The van der Waals surface area contributed by atoms with Crippen LogP contribution < -0.4 is 5.43 Å². The number of benzene rings is 2. The van der Waals surface area contributed by atoms with E-state index < -0.39 is 27.1 Å². The molecule has 0 bridgehead atoms. The van der Waals surface area contributed by atoms with E-state index in [4.69, 9.17) is 12.2 Å². The molecule has 1 fully saturated rings. The molecular weight excluding hydrogens is 472 g/mol. The molecule has 2 aromatic carbocycles. The topological polar surface area (TPSA) is 119 Å². The number of non-ortho nitro benzene ring substituents is 1. The number of carbonyl (C=O) groups is 1. The number of thioether (sulfide) groups is 1. The van der Waals surface area contributed by atoms with Crippen LogP contribution in [0.1, 0.15) is 5.56 Å². The van der Waals surface area contributed by atoms with Gasteiger partial charge in [-0.2, -0.15) is 0 Å². The fourth-order valence-electron chi connectivity index (χ4n) is 2.27. The van der Waals surface area contributed by atoms with Crippen LogP contribution in [-0.4, -0.2) is 25.1 Å². The maximum atomic E-state index is 12.6. The summed E-state index contributed by atoms with van der Waals surface area (Å²) < 4.78 is 1.05. The highest BCUT2D eigenvalue weighted by atomic mass is 79.9. The van der Waals surface area contributed by atoms with Crippen molar-refractivity contribution in [1.82, 2.24) is 5.01 Å². The minimum absolute atomic E-state index is 0.0863. The number of nitrogens with one attached hydrogen (secondary N) is 1.